The zero-order valence-electron chi connectivity index (χ0n) is 10.3. The second-order valence-electron chi connectivity index (χ2n) is 4.02. The van der Waals surface area contributed by atoms with Crippen LogP contribution in [0.1, 0.15) is 12.0 Å². The Hall–Kier alpha value is -1.36. The first-order valence-corrected chi connectivity index (χ1v) is 7.57. The van der Waals surface area contributed by atoms with Crippen LogP contribution in [-0.2, 0) is 25.7 Å². The van der Waals surface area contributed by atoms with Crippen LogP contribution in [0.4, 0.5) is 5.69 Å². The van der Waals surface area contributed by atoms with Crippen LogP contribution in [0.3, 0.4) is 0 Å². The molecule has 0 unspecified atom stereocenters. The van der Waals surface area contributed by atoms with Gasteiger partial charge in [-0.2, -0.15) is 4.36 Å². The van der Waals surface area contributed by atoms with E-state index in [1.54, 1.807) is 18.6 Å². The Morgan fingerprint density at radius 1 is 1.41 bits per heavy atom. The molecule has 0 N–H and O–H groups in total. The molecule has 0 heterocycles. The summed E-state index contributed by atoms with van der Waals surface area (Å²) in [6.45, 7) is 0. The lowest BCUT2D eigenvalue weighted by Crippen LogP contribution is -2.01. The van der Waals surface area contributed by atoms with E-state index in [1.165, 1.54) is 7.11 Å². The van der Waals surface area contributed by atoms with Crippen molar-refractivity contribution < 1.29 is 13.7 Å². The number of methoxy groups -OCH3 is 1. The lowest BCUT2D eigenvalue weighted by Gasteiger charge is -2.02. The Morgan fingerprint density at radius 2 is 2.12 bits per heavy atom. The van der Waals surface area contributed by atoms with Crippen molar-refractivity contribution in [2.24, 2.45) is 4.36 Å². The van der Waals surface area contributed by atoms with E-state index in [1.807, 2.05) is 18.2 Å². The molecule has 0 bridgehead atoms. The highest BCUT2D eigenvalue weighted by molar-refractivity contribution is 7.92. The van der Waals surface area contributed by atoms with E-state index >= 15 is 0 Å². The quantitative estimate of drug-likeness (QED) is 0.775. The molecule has 0 fully saturated rings. The number of esters is 1. The molecule has 94 valence electrons. The van der Waals surface area contributed by atoms with Gasteiger partial charge in [-0.25, -0.2) is 4.21 Å². The number of carbonyl (C=O) groups excluding carboxylic acids is 1. The van der Waals surface area contributed by atoms with Gasteiger partial charge in [0, 0.05) is 28.7 Å². The van der Waals surface area contributed by atoms with Gasteiger partial charge in [0.1, 0.15) is 0 Å². The van der Waals surface area contributed by atoms with Crippen LogP contribution in [0.2, 0.25) is 0 Å². The maximum absolute atomic E-state index is 11.5. The highest BCUT2D eigenvalue weighted by Crippen LogP contribution is 2.17. The van der Waals surface area contributed by atoms with Crippen LogP contribution in [0.5, 0.6) is 0 Å². The molecule has 0 amide bonds. The Kier molecular flexibility index (Phi) is 4.69. The third-order valence-electron chi connectivity index (χ3n) is 2.08. The van der Waals surface area contributed by atoms with Crippen molar-refractivity contribution in [3.05, 3.63) is 29.8 Å². The zero-order chi connectivity index (χ0) is 12.9. The Morgan fingerprint density at radius 3 is 2.71 bits per heavy atom. The summed E-state index contributed by atoms with van der Waals surface area (Å²) in [5.41, 5.74) is 1.67. The summed E-state index contributed by atoms with van der Waals surface area (Å²) in [6, 6.07) is 7.40. The fraction of sp³-hybridized carbons (Fsp3) is 0.417. The molecule has 0 aliphatic heterocycles. The van der Waals surface area contributed by atoms with Gasteiger partial charge in [-0.15, -0.1) is 0 Å². The van der Waals surface area contributed by atoms with E-state index in [9.17, 15) is 9.00 Å². The van der Waals surface area contributed by atoms with Gasteiger partial charge in [-0.3, -0.25) is 4.79 Å². The number of nitrogens with zero attached hydrogens (tertiary/aromatic N) is 1. The topological polar surface area (TPSA) is 55.7 Å². The number of rotatable bonds is 4. The zero-order valence-corrected chi connectivity index (χ0v) is 11.1. The highest BCUT2D eigenvalue weighted by Gasteiger charge is 2.02. The highest BCUT2D eigenvalue weighted by atomic mass is 32.2. The average Bonchev–Trinajstić information content (AvgIpc) is 2.24. The number of benzene rings is 1. The second kappa shape index (κ2) is 5.82. The van der Waals surface area contributed by atoms with Crippen molar-refractivity contribution in [2.75, 3.05) is 19.6 Å². The van der Waals surface area contributed by atoms with Crippen molar-refractivity contribution >= 4 is 21.4 Å². The number of ether oxygens (including phenoxy) is 1. The largest absolute Gasteiger partial charge is 0.469 e. The molecule has 0 aliphatic rings. The van der Waals surface area contributed by atoms with Crippen LogP contribution >= 0.6 is 0 Å². The molecule has 0 spiro atoms. The normalized spacial score (nSPS) is 11.0. The maximum Gasteiger partial charge on any atom is 0.305 e. The minimum Gasteiger partial charge on any atom is -0.469 e. The molecular formula is C12H17NO3S. The lowest BCUT2D eigenvalue weighted by molar-refractivity contribution is -0.140. The predicted octanol–water partition coefficient (Wildman–Crippen LogP) is 2.15. The van der Waals surface area contributed by atoms with Crippen LogP contribution in [0.15, 0.2) is 28.6 Å². The van der Waals surface area contributed by atoms with Gasteiger partial charge in [0.05, 0.1) is 12.8 Å². The average molecular weight is 255 g/mol. The van der Waals surface area contributed by atoms with Crippen molar-refractivity contribution in [1.29, 1.82) is 0 Å². The van der Waals surface area contributed by atoms with E-state index in [2.05, 4.69) is 9.10 Å². The number of carbonyl (C=O) groups is 1. The Labute approximate surface area is 102 Å². The molecule has 0 aliphatic carbocycles. The first-order valence-electron chi connectivity index (χ1n) is 5.23. The first kappa shape index (κ1) is 13.7. The molecule has 0 atom stereocenters. The van der Waals surface area contributed by atoms with Gasteiger partial charge in [0.15, 0.2) is 0 Å². The predicted molar refractivity (Wildman–Crippen MR) is 68.9 cm³/mol. The van der Waals surface area contributed by atoms with Crippen LogP contribution < -0.4 is 0 Å². The van der Waals surface area contributed by atoms with Crippen molar-refractivity contribution in [2.45, 2.75) is 12.8 Å². The summed E-state index contributed by atoms with van der Waals surface area (Å²) >= 11 is 0. The molecule has 5 heteroatoms. The van der Waals surface area contributed by atoms with E-state index in [4.69, 9.17) is 0 Å². The molecule has 1 aromatic rings. The standard InChI is InChI=1S/C12H17NO3S/c1-16-12(14)8-7-10-5-4-6-11(9-10)13-17(2,3)15/h4-6,9H,7-8H2,1-3H3. The third-order valence-corrected chi connectivity index (χ3v) is 2.73. The van der Waals surface area contributed by atoms with Gasteiger partial charge in [-0.1, -0.05) is 12.1 Å². The van der Waals surface area contributed by atoms with Crippen LogP contribution in [0.25, 0.3) is 0 Å². The molecule has 1 aromatic carbocycles. The number of hydrogen-bond donors (Lipinski definition) is 0. The minimum atomic E-state index is -2.15. The monoisotopic (exact) mass is 255 g/mol. The van der Waals surface area contributed by atoms with Gasteiger partial charge < -0.3 is 4.74 Å². The lowest BCUT2D eigenvalue weighted by atomic mass is 10.1. The van der Waals surface area contributed by atoms with E-state index in [0.29, 0.717) is 18.5 Å². The number of aryl methyl sites for hydroxylation is 1. The fourth-order valence-corrected chi connectivity index (χ4v) is 1.99. The molecule has 0 radical (unpaired) electrons. The van der Waals surface area contributed by atoms with Crippen LogP contribution in [-0.4, -0.2) is 29.8 Å². The first-order chi connectivity index (χ1) is 7.90. The summed E-state index contributed by atoms with van der Waals surface area (Å²) in [7, 11) is -0.774. The summed E-state index contributed by atoms with van der Waals surface area (Å²) in [5.74, 6) is -0.234. The van der Waals surface area contributed by atoms with Gasteiger partial charge in [0.2, 0.25) is 0 Å². The van der Waals surface area contributed by atoms with E-state index < -0.39 is 9.73 Å². The molecule has 1 rings (SSSR count). The van der Waals surface area contributed by atoms with Crippen molar-refractivity contribution in [3.8, 4) is 0 Å². The van der Waals surface area contributed by atoms with Crippen molar-refractivity contribution in [1.82, 2.24) is 0 Å². The van der Waals surface area contributed by atoms with Gasteiger partial charge in [-0.05, 0) is 24.1 Å². The summed E-state index contributed by atoms with van der Waals surface area (Å²) < 4.78 is 20.2. The molecule has 17 heavy (non-hydrogen) atoms. The Balaban J connectivity index is 2.80. The number of hydrogen-bond acceptors (Lipinski definition) is 4. The van der Waals surface area contributed by atoms with E-state index in [0.717, 1.165) is 5.56 Å². The molecule has 4 nitrogen and oxygen atoms in total. The van der Waals surface area contributed by atoms with Gasteiger partial charge >= 0.3 is 5.97 Å². The van der Waals surface area contributed by atoms with Crippen LogP contribution in [0, 0.1) is 0 Å². The second-order valence-corrected chi connectivity index (χ2v) is 6.56. The summed E-state index contributed by atoms with van der Waals surface area (Å²) in [6.07, 6.45) is 4.13. The smallest absolute Gasteiger partial charge is 0.305 e. The summed E-state index contributed by atoms with van der Waals surface area (Å²) in [5, 5.41) is 0. The minimum absolute atomic E-state index is 0.234. The molecule has 0 saturated carbocycles. The third kappa shape index (κ3) is 5.49. The molecular weight excluding hydrogens is 238 g/mol. The summed E-state index contributed by atoms with van der Waals surface area (Å²) in [4.78, 5) is 11.0. The van der Waals surface area contributed by atoms with Crippen molar-refractivity contribution in [3.63, 3.8) is 0 Å². The van der Waals surface area contributed by atoms with E-state index in [-0.39, 0.29) is 5.97 Å². The maximum atomic E-state index is 11.5. The Bertz CT molecular complexity index is 508. The molecule has 0 saturated heterocycles. The van der Waals surface area contributed by atoms with Gasteiger partial charge in [0.25, 0.3) is 0 Å². The molecule has 0 aromatic heterocycles. The fourth-order valence-electron chi connectivity index (χ4n) is 1.37. The SMILES string of the molecule is COC(=O)CCc1cccc(N=S(C)(C)=O)c1.